The molecule has 4 fully saturated rings. The number of hydrogen-bond donors (Lipinski definition) is 1. The number of hydrogen-bond acceptors (Lipinski definition) is 8. The molecule has 0 bridgehead atoms. The molecule has 14 heteroatoms. The molecule has 500 valence electrons. The minimum atomic E-state index is -2.01. The van der Waals surface area contributed by atoms with Crippen molar-refractivity contribution in [1.82, 2.24) is 4.90 Å². The second-order valence-corrected chi connectivity index (χ2v) is 53.4. The number of rotatable bonds is 19. The maximum atomic E-state index is 12.6. The molecule has 0 aromatic carbocycles. The van der Waals surface area contributed by atoms with Crippen molar-refractivity contribution in [2.24, 2.45) is 22.7 Å². The topological polar surface area (TPSA) is 113 Å². The van der Waals surface area contributed by atoms with E-state index in [0.717, 1.165) is 88.2 Å². The number of carboxylic acid groups (broad SMARTS) is 1. The van der Waals surface area contributed by atoms with Crippen molar-refractivity contribution < 1.29 is 41.9 Å². The summed E-state index contributed by atoms with van der Waals surface area (Å²) >= 11 is 0. The number of ether oxygens (including phenoxy) is 2. The van der Waals surface area contributed by atoms with Crippen molar-refractivity contribution in [2.45, 2.75) is 317 Å². The highest BCUT2D eigenvalue weighted by atomic mass is 28.4. The fraction of sp³-hybridized carbons (Fsp3) is 0.757. The molecule has 6 aliphatic rings. The minimum absolute atomic E-state index is 0.00599. The van der Waals surface area contributed by atoms with Crippen molar-refractivity contribution in [3.63, 3.8) is 0 Å². The van der Waals surface area contributed by atoms with Gasteiger partial charge in [0, 0.05) is 25.9 Å². The Balaban J connectivity index is 0.000000322. The Labute approximate surface area is 542 Å². The van der Waals surface area contributed by atoms with Crippen LogP contribution < -0.4 is 0 Å². The van der Waals surface area contributed by atoms with Gasteiger partial charge in [0.2, 0.25) is 5.91 Å². The van der Waals surface area contributed by atoms with Gasteiger partial charge in [-0.2, -0.15) is 0 Å². The van der Waals surface area contributed by atoms with Crippen LogP contribution in [0.5, 0.6) is 0 Å². The van der Waals surface area contributed by atoms with Gasteiger partial charge in [-0.15, -0.1) is 0 Å². The summed E-state index contributed by atoms with van der Waals surface area (Å²) in [5.41, 5.74) is 10.5. The molecule has 0 spiro atoms. The first kappa shape index (κ1) is 76.2. The van der Waals surface area contributed by atoms with E-state index in [2.05, 4.69) is 206 Å². The van der Waals surface area contributed by atoms with Crippen LogP contribution in [0.15, 0.2) is 94.2 Å². The highest BCUT2D eigenvalue weighted by Crippen LogP contribution is 2.58. The Morgan fingerprint density at radius 3 is 1.23 bits per heavy atom. The maximum absolute atomic E-state index is 12.6. The molecule has 0 aromatic heterocycles. The molecule has 0 aliphatic heterocycles. The van der Waals surface area contributed by atoms with Gasteiger partial charge in [0.25, 0.3) is 0 Å². The van der Waals surface area contributed by atoms with Gasteiger partial charge in [0.05, 0.1) is 36.6 Å². The molecule has 10 atom stereocenters. The largest absolute Gasteiger partial charge is 0.480 e. The van der Waals surface area contributed by atoms with Gasteiger partial charge in [-0.05, 0) is 221 Å². The van der Waals surface area contributed by atoms with Crippen molar-refractivity contribution in [3.05, 3.63) is 94.2 Å². The summed E-state index contributed by atoms with van der Waals surface area (Å²) in [6, 6.07) is 0.169. The molecule has 88 heavy (non-hydrogen) atoms. The van der Waals surface area contributed by atoms with Crippen LogP contribution in [0.4, 0.5) is 0 Å². The second kappa shape index (κ2) is 28.6. The van der Waals surface area contributed by atoms with Gasteiger partial charge in [0.1, 0.15) is 13.2 Å². The van der Waals surface area contributed by atoms with Gasteiger partial charge in [-0.25, -0.2) is 4.79 Å². The number of likely N-dealkylation sites (N-methyl/N-ethyl adjacent to an activating group) is 1. The lowest BCUT2D eigenvalue weighted by atomic mass is 9.63. The third kappa shape index (κ3) is 18.0. The van der Waals surface area contributed by atoms with E-state index in [1.807, 2.05) is 27.8 Å². The van der Waals surface area contributed by atoms with Crippen molar-refractivity contribution >= 4 is 45.1 Å². The Morgan fingerprint density at radius 2 is 0.909 bits per heavy atom. The van der Waals surface area contributed by atoms with Gasteiger partial charge < -0.3 is 37.2 Å². The molecule has 1 N–H and O–H groups in total. The average molecular weight is 1290 g/mol. The van der Waals surface area contributed by atoms with E-state index in [1.54, 1.807) is 4.90 Å². The molecule has 10 nitrogen and oxygen atoms in total. The van der Waals surface area contributed by atoms with Crippen LogP contribution in [0.2, 0.25) is 72.5 Å². The zero-order valence-electron chi connectivity index (χ0n) is 61.1. The van der Waals surface area contributed by atoms with Gasteiger partial charge >= 0.3 is 5.97 Å². The number of carbonyl (C=O) groups excluding carboxylic acids is 1. The molecule has 2 unspecified atom stereocenters. The Morgan fingerprint density at radius 1 is 0.580 bits per heavy atom. The Hall–Kier alpha value is -2.51. The first-order valence-electron chi connectivity index (χ1n) is 34.0. The summed E-state index contributed by atoms with van der Waals surface area (Å²) < 4.78 is 40.1. The van der Waals surface area contributed by atoms with Gasteiger partial charge in [-0.3, -0.25) is 4.79 Å². The SMILES string of the molecule is C=C1C(=CC=C2CCC[C@]3(C)C([C@H](C)OCC(=O)N(C)C(C)C)=CCC23)C[C@@H](O[Si](C)(C)C(C)(C)C)C[C@@H]1O[Si](C)(C)C(C)(C)C.C=C1C(=CC=C2CCC[C@]3(C)C([C@H](C)OCC(=O)O)=CCC23)C[C@@H](O[Si](C)(C)C(C)(C)C)C[C@@H]1O[Si](C)(C)C(C)(C)C. The average Bonchev–Trinajstić information content (AvgIpc) is 3.83. The summed E-state index contributed by atoms with van der Waals surface area (Å²) in [6.07, 6.45) is 26.5. The molecule has 6 rings (SSSR count). The number of nitrogens with zero attached hydrogens (tertiary/aromatic N) is 1. The summed E-state index contributed by atoms with van der Waals surface area (Å²) in [4.78, 5) is 25.5. The molecule has 0 radical (unpaired) electrons. The summed E-state index contributed by atoms with van der Waals surface area (Å²) in [6.45, 7) is 68.6. The molecule has 0 aromatic rings. The number of carbonyl (C=O) groups is 2. The summed E-state index contributed by atoms with van der Waals surface area (Å²) in [5.74, 6) is 0.00257. The van der Waals surface area contributed by atoms with E-state index in [0.29, 0.717) is 11.8 Å². The quantitative estimate of drug-likeness (QED) is 0.0998. The second-order valence-electron chi connectivity index (χ2n) is 34.4. The van der Waals surface area contributed by atoms with Crippen LogP contribution in [0.25, 0.3) is 0 Å². The monoisotopic (exact) mass is 1290 g/mol. The highest BCUT2D eigenvalue weighted by Gasteiger charge is 2.50. The third-order valence-electron chi connectivity index (χ3n) is 23.6. The Bertz CT molecular complexity index is 2700. The van der Waals surface area contributed by atoms with Crippen molar-refractivity contribution in [3.8, 4) is 0 Å². The van der Waals surface area contributed by atoms with Crippen LogP contribution in [0.1, 0.15) is 202 Å². The van der Waals surface area contributed by atoms with Crippen molar-refractivity contribution in [1.29, 1.82) is 0 Å². The molecule has 0 heterocycles. The van der Waals surface area contributed by atoms with Crippen LogP contribution in [-0.4, -0.2) is 118 Å². The standard InChI is InChI=1S/C39H69NO4Si2.C35H60O5Si2/c1-27(2)40(12)36(41)26-42-29(4)33-21-22-34-30(18-17-23-39(33,34)11)19-20-31-24-32(43-45(13,14)37(5,6)7)25-35(28(31)3)44-46(15,16)38(8,9)10;1-24-27(17-16-26-15-14-20-35(9)29(18-19-30(26)35)25(2)38-23-32(36)37)21-28(39-41(10,11)33(3,4)5)22-31(24)40-42(12,13)34(6,7)8/h19-21,27,29,32,34-35H,3,17-18,22-26H2,1-2,4-16H3;16-18,25,28,30-31H,1,14-15,19-23H2,2-13H3,(H,36,37)/t29-,32+,34?,35-,39+;25-,28+,30?,31-,35+/m00/s1. The lowest BCUT2D eigenvalue weighted by Gasteiger charge is -2.45. The third-order valence-corrected chi connectivity index (χ3v) is 41.7. The molecule has 4 saturated carbocycles. The number of carboxylic acids is 1. The molecule has 1 amide bonds. The van der Waals surface area contributed by atoms with Crippen molar-refractivity contribution in [2.75, 3.05) is 20.3 Å². The van der Waals surface area contributed by atoms with Crippen LogP contribution in [0.3, 0.4) is 0 Å². The van der Waals surface area contributed by atoms with E-state index >= 15 is 0 Å². The lowest BCUT2D eigenvalue weighted by molar-refractivity contribution is -0.143. The van der Waals surface area contributed by atoms with Crippen LogP contribution in [0, 0.1) is 22.7 Å². The minimum Gasteiger partial charge on any atom is -0.480 e. The first-order valence-corrected chi connectivity index (χ1v) is 45.6. The lowest BCUT2D eigenvalue weighted by Crippen LogP contribution is -2.49. The zero-order valence-corrected chi connectivity index (χ0v) is 65.1. The van der Waals surface area contributed by atoms with Crippen LogP contribution >= 0.6 is 0 Å². The van der Waals surface area contributed by atoms with Gasteiger partial charge in [-0.1, -0.05) is 158 Å². The smallest absolute Gasteiger partial charge is 0.329 e. The number of fused-ring (bicyclic) bond motifs is 2. The summed E-state index contributed by atoms with van der Waals surface area (Å²) in [5, 5.41) is 9.67. The predicted octanol–water partition coefficient (Wildman–Crippen LogP) is 20.0. The highest BCUT2D eigenvalue weighted by molar-refractivity contribution is 6.75. The van der Waals surface area contributed by atoms with Crippen LogP contribution in [-0.2, 0) is 36.8 Å². The summed E-state index contributed by atoms with van der Waals surface area (Å²) in [7, 11) is -6.07. The number of allylic oxidation sites excluding steroid dienone is 8. The van der Waals surface area contributed by atoms with Gasteiger partial charge in [0.15, 0.2) is 33.3 Å². The molecule has 6 aliphatic carbocycles. The predicted molar refractivity (Wildman–Crippen MR) is 380 cm³/mol. The van der Waals surface area contributed by atoms with E-state index < -0.39 is 39.2 Å². The molecular formula is C74H129NO9Si4. The fourth-order valence-corrected chi connectivity index (χ4v) is 18.8. The number of aliphatic carboxylic acids is 1. The van der Waals surface area contributed by atoms with E-state index in [4.69, 9.17) is 32.3 Å². The zero-order chi connectivity index (χ0) is 66.9. The number of amides is 1. The van der Waals surface area contributed by atoms with E-state index in [-0.39, 0.29) is 92.8 Å². The fourth-order valence-electron chi connectivity index (χ4n) is 13.5. The van der Waals surface area contributed by atoms with E-state index in [1.165, 1.54) is 33.4 Å². The normalized spacial score (nSPS) is 29.6. The first-order chi connectivity index (χ1) is 40.0. The maximum Gasteiger partial charge on any atom is 0.329 e. The molecule has 0 saturated heterocycles. The molecular weight excluding hydrogens is 1160 g/mol. The van der Waals surface area contributed by atoms with E-state index in [9.17, 15) is 9.59 Å². The Kier molecular flexibility index (Phi) is 24.8.